The highest BCUT2D eigenvalue weighted by Crippen LogP contribution is 2.34. The Labute approximate surface area is 146 Å². The zero-order chi connectivity index (χ0) is 18.0. The number of nitrogens with zero attached hydrogens (tertiary/aromatic N) is 2. The lowest BCUT2D eigenvalue weighted by atomic mass is 10.1. The molecule has 2 aliphatic rings. The summed E-state index contributed by atoms with van der Waals surface area (Å²) in [4.78, 5) is 39.3. The maximum atomic E-state index is 12.7. The van der Waals surface area contributed by atoms with Gasteiger partial charge in [-0.05, 0) is 25.5 Å². The molecule has 2 aliphatic heterocycles. The van der Waals surface area contributed by atoms with E-state index >= 15 is 0 Å². The van der Waals surface area contributed by atoms with Gasteiger partial charge in [0, 0.05) is 26.1 Å². The summed E-state index contributed by atoms with van der Waals surface area (Å²) in [5, 5.41) is 9.08. The highest BCUT2D eigenvalue weighted by atomic mass is 16.5. The molecular formula is C18H22N2O5. The molecule has 2 amide bonds. The quantitative estimate of drug-likeness (QED) is 0.870. The largest absolute Gasteiger partial charge is 0.492 e. The third-order valence-corrected chi connectivity index (χ3v) is 4.78. The summed E-state index contributed by atoms with van der Waals surface area (Å²) in [7, 11) is 0. The number of hydrogen-bond acceptors (Lipinski definition) is 4. The number of carboxylic acids is 1. The Morgan fingerprint density at radius 3 is 2.68 bits per heavy atom. The predicted octanol–water partition coefficient (Wildman–Crippen LogP) is 1.37. The van der Waals surface area contributed by atoms with Crippen molar-refractivity contribution in [1.82, 2.24) is 4.90 Å². The molecule has 1 N–H and O–H groups in total. The fourth-order valence-corrected chi connectivity index (χ4v) is 3.48. The van der Waals surface area contributed by atoms with E-state index in [1.165, 1.54) is 0 Å². The van der Waals surface area contributed by atoms with E-state index in [2.05, 4.69) is 0 Å². The van der Waals surface area contributed by atoms with Crippen LogP contribution in [-0.4, -0.2) is 54.0 Å². The van der Waals surface area contributed by atoms with Crippen LogP contribution in [0.4, 0.5) is 5.69 Å². The first-order valence-corrected chi connectivity index (χ1v) is 8.55. The predicted molar refractivity (Wildman–Crippen MR) is 90.4 cm³/mol. The Kier molecular flexibility index (Phi) is 4.92. The van der Waals surface area contributed by atoms with Crippen molar-refractivity contribution in [1.29, 1.82) is 0 Å². The molecule has 2 fully saturated rings. The standard InChI is InChI=1S/C18H22N2O5/c1-2-25-15-6-4-3-5-14(15)20-11-13(9-16(20)21)17(22)19-8-7-12(10-19)18(23)24/h3-6,12-13H,2,7-11H2,1H3,(H,23,24)/t12-,13+/m0/s1. The second-order valence-corrected chi connectivity index (χ2v) is 6.41. The van der Waals surface area contributed by atoms with Crippen LogP contribution in [0, 0.1) is 11.8 Å². The number of hydrogen-bond donors (Lipinski definition) is 1. The van der Waals surface area contributed by atoms with E-state index in [-0.39, 0.29) is 24.8 Å². The Morgan fingerprint density at radius 1 is 1.24 bits per heavy atom. The third kappa shape index (κ3) is 3.45. The third-order valence-electron chi connectivity index (χ3n) is 4.78. The molecule has 0 radical (unpaired) electrons. The molecule has 2 saturated heterocycles. The summed E-state index contributed by atoms with van der Waals surface area (Å²) in [6.45, 7) is 3.34. The van der Waals surface area contributed by atoms with Gasteiger partial charge in [0.25, 0.3) is 0 Å². The fourth-order valence-electron chi connectivity index (χ4n) is 3.48. The number of amides is 2. The van der Waals surface area contributed by atoms with Gasteiger partial charge >= 0.3 is 5.97 Å². The summed E-state index contributed by atoms with van der Waals surface area (Å²) in [6, 6.07) is 7.29. The lowest BCUT2D eigenvalue weighted by Crippen LogP contribution is -2.36. The van der Waals surface area contributed by atoms with Crippen molar-refractivity contribution in [2.24, 2.45) is 11.8 Å². The normalized spacial score (nSPS) is 23.2. The van der Waals surface area contributed by atoms with Crippen LogP contribution in [0.3, 0.4) is 0 Å². The maximum Gasteiger partial charge on any atom is 0.308 e. The van der Waals surface area contributed by atoms with Gasteiger partial charge in [-0.15, -0.1) is 0 Å². The topological polar surface area (TPSA) is 87.2 Å². The zero-order valence-corrected chi connectivity index (χ0v) is 14.2. The number of carbonyl (C=O) groups is 3. The Hall–Kier alpha value is -2.57. The molecule has 0 bridgehead atoms. The van der Waals surface area contributed by atoms with Gasteiger partial charge in [-0.2, -0.15) is 0 Å². The Morgan fingerprint density at radius 2 is 2.00 bits per heavy atom. The summed E-state index contributed by atoms with van der Waals surface area (Å²) < 4.78 is 5.58. The number of benzene rings is 1. The van der Waals surface area contributed by atoms with E-state index in [4.69, 9.17) is 9.84 Å². The molecule has 3 rings (SSSR count). The number of carbonyl (C=O) groups excluding carboxylic acids is 2. The molecule has 7 heteroatoms. The molecular weight excluding hydrogens is 324 g/mol. The number of carboxylic acid groups (broad SMARTS) is 1. The minimum Gasteiger partial charge on any atom is -0.492 e. The smallest absolute Gasteiger partial charge is 0.308 e. The van der Waals surface area contributed by atoms with Crippen molar-refractivity contribution in [2.45, 2.75) is 19.8 Å². The molecule has 0 aromatic heterocycles. The van der Waals surface area contributed by atoms with Gasteiger partial charge in [0.05, 0.1) is 24.1 Å². The Bertz CT molecular complexity index is 690. The van der Waals surface area contributed by atoms with E-state index in [1.807, 2.05) is 25.1 Å². The Balaban J connectivity index is 1.71. The van der Waals surface area contributed by atoms with Crippen molar-refractivity contribution < 1.29 is 24.2 Å². The SMILES string of the molecule is CCOc1ccccc1N1C[C@H](C(=O)N2CC[C@H](C(=O)O)C2)CC1=O. The second-order valence-electron chi connectivity index (χ2n) is 6.41. The van der Waals surface area contributed by atoms with Crippen molar-refractivity contribution >= 4 is 23.5 Å². The second kappa shape index (κ2) is 7.13. The number of likely N-dealkylation sites (tertiary alicyclic amines) is 1. The molecule has 25 heavy (non-hydrogen) atoms. The van der Waals surface area contributed by atoms with Gasteiger partial charge < -0.3 is 19.6 Å². The van der Waals surface area contributed by atoms with Crippen LogP contribution >= 0.6 is 0 Å². The molecule has 2 heterocycles. The maximum absolute atomic E-state index is 12.7. The van der Waals surface area contributed by atoms with Crippen LogP contribution in [0.5, 0.6) is 5.75 Å². The first kappa shape index (κ1) is 17.3. The number of para-hydroxylation sites is 2. The first-order chi connectivity index (χ1) is 12.0. The highest BCUT2D eigenvalue weighted by molar-refractivity contribution is 6.01. The van der Waals surface area contributed by atoms with Crippen LogP contribution in [0.25, 0.3) is 0 Å². The van der Waals surface area contributed by atoms with Crippen molar-refractivity contribution in [2.75, 3.05) is 31.1 Å². The molecule has 7 nitrogen and oxygen atoms in total. The number of anilines is 1. The van der Waals surface area contributed by atoms with Crippen LogP contribution in [0.2, 0.25) is 0 Å². The van der Waals surface area contributed by atoms with Crippen molar-refractivity contribution in [3.8, 4) is 5.75 Å². The monoisotopic (exact) mass is 346 g/mol. The number of aliphatic carboxylic acids is 1. The molecule has 0 aliphatic carbocycles. The van der Waals surface area contributed by atoms with Gasteiger partial charge in [0.1, 0.15) is 5.75 Å². The van der Waals surface area contributed by atoms with Gasteiger partial charge in [0.15, 0.2) is 0 Å². The van der Waals surface area contributed by atoms with E-state index in [9.17, 15) is 14.4 Å². The summed E-state index contributed by atoms with van der Waals surface area (Å²) in [5.41, 5.74) is 0.675. The van der Waals surface area contributed by atoms with E-state index < -0.39 is 17.8 Å². The average molecular weight is 346 g/mol. The van der Waals surface area contributed by atoms with Crippen LogP contribution in [0.15, 0.2) is 24.3 Å². The minimum atomic E-state index is -0.870. The van der Waals surface area contributed by atoms with Gasteiger partial charge in [-0.3, -0.25) is 14.4 Å². The molecule has 1 aromatic carbocycles. The molecule has 1 aromatic rings. The van der Waals surface area contributed by atoms with Crippen LogP contribution in [-0.2, 0) is 14.4 Å². The average Bonchev–Trinajstić information content (AvgIpc) is 3.22. The molecule has 0 saturated carbocycles. The number of rotatable bonds is 5. The van der Waals surface area contributed by atoms with Gasteiger partial charge in [-0.25, -0.2) is 0 Å². The van der Waals surface area contributed by atoms with Gasteiger partial charge in [-0.1, -0.05) is 12.1 Å². The summed E-state index contributed by atoms with van der Waals surface area (Å²) in [6.07, 6.45) is 0.617. The van der Waals surface area contributed by atoms with Crippen molar-refractivity contribution in [3.63, 3.8) is 0 Å². The number of ether oxygens (including phenoxy) is 1. The lowest BCUT2D eigenvalue weighted by molar-refractivity contribution is -0.141. The van der Waals surface area contributed by atoms with Crippen molar-refractivity contribution in [3.05, 3.63) is 24.3 Å². The van der Waals surface area contributed by atoms with Crippen LogP contribution < -0.4 is 9.64 Å². The lowest BCUT2D eigenvalue weighted by Gasteiger charge is -2.22. The summed E-state index contributed by atoms with van der Waals surface area (Å²) in [5.74, 6) is -1.43. The van der Waals surface area contributed by atoms with E-state index in [1.54, 1.807) is 15.9 Å². The molecule has 0 unspecified atom stereocenters. The first-order valence-electron chi connectivity index (χ1n) is 8.55. The molecule has 2 atom stereocenters. The summed E-state index contributed by atoms with van der Waals surface area (Å²) >= 11 is 0. The highest BCUT2D eigenvalue weighted by Gasteiger charge is 2.40. The molecule has 0 spiro atoms. The van der Waals surface area contributed by atoms with E-state index in [0.29, 0.717) is 37.6 Å². The van der Waals surface area contributed by atoms with Gasteiger partial charge in [0.2, 0.25) is 11.8 Å². The fraction of sp³-hybridized carbons (Fsp3) is 0.500. The molecule has 134 valence electrons. The minimum absolute atomic E-state index is 0.112. The van der Waals surface area contributed by atoms with Crippen LogP contribution in [0.1, 0.15) is 19.8 Å². The zero-order valence-electron chi connectivity index (χ0n) is 14.2. The van der Waals surface area contributed by atoms with E-state index in [0.717, 1.165) is 0 Å².